The number of imide groups is 1. The maximum absolute atomic E-state index is 13.4. The van der Waals surface area contributed by atoms with Gasteiger partial charge in [0.05, 0.1) is 37.1 Å². The number of nitrogens with one attached hydrogen (secondary N) is 1. The van der Waals surface area contributed by atoms with Crippen molar-refractivity contribution in [2.24, 2.45) is 0 Å². The second-order valence-electron chi connectivity index (χ2n) is 7.37. The molecule has 0 radical (unpaired) electrons. The Labute approximate surface area is 196 Å². The molecule has 0 aliphatic carbocycles. The molecule has 8 heteroatoms. The molecule has 0 spiro atoms. The van der Waals surface area contributed by atoms with E-state index in [1.807, 2.05) is 6.92 Å². The first-order chi connectivity index (χ1) is 16.0. The van der Waals surface area contributed by atoms with Crippen LogP contribution in [0, 0.1) is 0 Å². The number of furan rings is 1. The average molecular weight is 467 g/mol. The molecule has 2 heterocycles. The first-order valence-electron chi connectivity index (χ1n) is 10.5. The molecule has 3 aromatic rings. The lowest BCUT2D eigenvalue weighted by Gasteiger charge is -2.14. The van der Waals surface area contributed by atoms with Gasteiger partial charge in [-0.2, -0.15) is 0 Å². The summed E-state index contributed by atoms with van der Waals surface area (Å²) in [7, 11) is 1.52. The summed E-state index contributed by atoms with van der Waals surface area (Å²) in [6.07, 6.45) is 2.39. The van der Waals surface area contributed by atoms with Gasteiger partial charge in [-0.1, -0.05) is 30.7 Å². The molecule has 0 saturated heterocycles. The predicted molar refractivity (Wildman–Crippen MR) is 125 cm³/mol. The molecule has 0 atom stereocenters. The SMILES string of the molecule is CCCOc1ccc(C2=C(Nc3ccc(OC)c(Cl)c3)C(=O)N(Cc3ccco3)C2=O)cc1. The molecule has 1 aliphatic heterocycles. The first kappa shape index (κ1) is 22.5. The van der Waals surface area contributed by atoms with Gasteiger partial charge in [0, 0.05) is 5.69 Å². The van der Waals surface area contributed by atoms with Crippen molar-refractivity contribution >= 4 is 34.7 Å². The standard InChI is InChI=1S/C25H23ClN2O5/c1-3-12-32-18-9-6-16(7-10-18)22-23(27-17-8-11-21(31-2)20(26)14-17)25(30)28(24(22)29)15-19-5-4-13-33-19/h4-11,13-14,27H,3,12,15H2,1-2H3. The van der Waals surface area contributed by atoms with Crippen LogP contribution in [0.2, 0.25) is 5.02 Å². The summed E-state index contributed by atoms with van der Waals surface area (Å²) in [5.41, 5.74) is 1.58. The first-order valence-corrected chi connectivity index (χ1v) is 10.9. The van der Waals surface area contributed by atoms with Gasteiger partial charge in [-0.15, -0.1) is 0 Å². The van der Waals surface area contributed by atoms with E-state index in [0.29, 0.717) is 40.1 Å². The van der Waals surface area contributed by atoms with E-state index < -0.39 is 11.8 Å². The monoisotopic (exact) mass is 466 g/mol. The molecule has 1 aromatic heterocycles. The van der Waals surface area contributed by atoms with Crippen LogP contribution in [0.4, 0.5) is 5.69 Å². The Morgan fingerprint density at radius 3 is 2.48 bits per heavy atom. The smallest absolute Gasteiger partial charge is 0.278 e. The van der Waals surface area contributed by atoms with E-state index in [2.05, 4.69) is 5.32 Å². The number of hydrogen-bond donors (Lipinski definition) is 1. The minimum Gasteiger partial charge on any atom is -0.495 e. The summed E-state index contributed by atoms with van der Waals surface area (Å²) >= 11 is 6.25. The third kappa shape index (κ3) is 4.73. The highest BCUT2D eigenvalue weighted by atomic mass is 35.5. The summed E-state index contributed by atoms with van der Waals surface area (Å²) in [6.45, 7) is 2.65. The third-order valence-corrected chi connectivity index (χ3v) is 5.39. The van der Waals surface area contributed by atoms with Crippen molar-refractivity contribution in [3.63, 3.8) is 0 Å². The van der Waals surface area contributed by atoms with Gasteiger partial charge in [-0.25, -0.2) is 0 Å². The normalized spacial score (nSPS) is 13.6. The molecule has 1 N–H and O–H groups in total. The number of benzene rings is 2. The Morgan fingerprint density at radius 2 is 1.85 bits per heavy atom. The van der Waals surface area contributed by atoms with Crippen molar-refractivity contribution in [3.05, 3.63) is 82.9 Å². The maximum atomic E-state index is 13.4. The molecule has 0 saturated carbocycles. The number of carbonyl (C=O) groups is 2. The van der Waals surface area contributed by atoms with Gasteiger partial charge in [0.1, 0.15) is 23.0 Å². The van der Waals surface area contributed by atoms with E-state index in [1.165, 1.54) is 13.4 Å². The number of anilines is 1. The molecule has 2 amide bonds. The van der Waals surface area contributed by atoms with Gasteiger partial charge in [0.2, 0.25) is 0 Å². The highest BCUT2D eigenvalue weighted by molar-refractivity contribution is 6.36. The van der Waals surface area contributed by atoms with Gasteiger partial charge in [-0.3, -0.25) is 14.5 Å². The number of ether oxygens (including phenoxy) is 2. The zero-order chi connectivity index (χ0) is 23.4. The topological polar surface area (TPSA) is 81.0 Å². The summed E-state index contributed by atoms with van der Waals surface area (Å²) in [5.74, 6) is 0.840. The van der Waals surface area contributed by atoms with Gasteiger partial charge < -0.3 is 19.2 Å². The van der Waals surface area contributed by atoms with E-state index in [9.17, 15) is 9.59 Å². The number of carbonyl (C=O) groups excluding carboxylic acids is 2. The molecule has 33 heavy (non-hydrogen) atoms. The fourth-order valence-corrected chi connectivity index (χ4v) is 3.75. The lowest BCUT2D eigenvalue weighted by Crippen LogP contribution is -2.31. The lowest BCUT2D eigenvalue weighted by molar-refractivity contribution is -0.137. The van der Waals surface area contributed by atoms with E-state index >= 15 is 0 Å². The van der Waals surface area contributed by atoms with Crippen LogP contribution in [-0.2, 0) is 16.1 Å². The number of nitrogens with zero attached hydrogens (tertiary/aromatic N) is 1. The van der Waals surface area contributed by atoms with Crippen molar-refractivity contribution < 1.29 is 23.5 Å². The average Bonchev–Trinajstić information content (AvgIpc) is 3.41. The minimum absolute atomic E-state index is 0.0282. The third-order valence-electron chi connectivity index (χ3n) is 5.10. The van der Waals surface area contributed by atoms with Crippen molar-refractivity contribution in [1.29, 1.82) is 0 Å². The highest BCUT2D eigenvalue weighted by Crippen LogP contribution is 2.34. The van der Waals surface area contributed by atoms with Gasteiger partial charge in [-0.05, 0) is 54.4 Å². The van der Waals surface area contributed by atoms with Crippen molar-refractivity contribution in [2.45, 2.75) is 19.9 Å². The second-order valence-corrected chi connectivity index (χ2v) is 7.78. The Balaban J connectivity index is 1.70. The maximum Gasteiger partial charge on any atom is 0.278 e. The molecular formula is C25H23ClN2O5. The Kier molecular flexibility index (Phi) is 6.70. The van der Waals surface area contributed by atoms with Crippen LogP contribution in [-0.4, -0.2) is 30.4 Å². The van der Waals surface area contributed by atoms with Crippen LogP contribution in [0.15, 0.2) is 71.0 Å². The van der Waals surface area contributed by atoms with E-state index in [0.717, 1.165) is 11.3 Å². The van der Waals surface area contributed by atoms with Crippen LogP contribution < -0.4 is 14.8 Å². The van der Waals surface area contributed by atoms with Crippen LogP contribution in [0.3, 0.4) is 0 Å². The van der Waals surface area contributed by atoms with Gasteiger partial charge in [0.15, 0.2) is 0 Å². The molecule has 0 bridgehead atoms. The summed E-state index contributed by atoms with van der Waals surface area (Å²) in [6, 6.07) is 15.6. The molecule has 0 fully saturated rings. The van der Waals surface area contributed by atoms with Crippen molar-refractivity contribution in [3.8, 4) is 11.5 Å². The van der Waals surface area contributed by atoms with Gasteiger partial charge >= 0.3 is 0 Å². The van der Waals surface area contributed by atoms with Crippen LogP contribution in [0.5, 0.6) is 11.5 Å². The summed E-state index contributed by atoms with van der Waals surface area (Å²) in [5, 5.41) is 3.47. The van der Waals surface area contributed by atoms with Gasteiger partial charge in [0.25, 0.3) is 11.8 Å². The summed E-state index contributed by atoms with van der Waals surface area (Å²) in [4.78, 5) is 27.8. The molecule has 170 valence electrons. The van der Waals surface area contributed by atoms with E-state index in [-0.39, 0.29) is 17.8 Å². The number of hydrogen-bond acceptors (Lipinski definition) is 6. The number of halogens is 1. The molecule has 4 rings (SSSR count). The number of methoxy groups -OCH3 is 1. The Hall–Kier alpha value is -3.71. The zero-order valence-corrected chi connectivity index (χ0v) is 19.0. The van der Waals surface area contributed by atoms with E-state index in [4.69, 9.17) is 25.5 Å². The molecule has 7 nitrogen and oxygen atoms in total. The van der Waals surface area contributed by atoms with Crippen molar-refractivity contribution in [2.75, 3.05) is 19.0 Å². The van der Waals surface area contributed by atoms with Crippen molar-refractivity contribution in [1.82, 2.24) is 4.90 Å². The van der Waals surface area contributed by atoms with Crippen LogP contribution in [0.1, 0.15) is 24.7 Å². The number of amides is 2. The number of rotatable bonds is 9. The largest absolute Gasteiger partial charge is 0.495 e. The fraction of sp³-hybridized carbons (Fsp3) is 0.200. The molecule has 2 aromatic carbocycles. The highest BCUT2D eigenvalue weighted by Gasteiger charge is 2.39. The lowest BCUT2D eigenvalue weighted by atomic mass is 10.0. The zero-order valence-electron chi connectivity index (χ0n) is 18.3. The van der Waals surface area contributed by atoms with Crippen LogP contribution in [0.25, 0.3) is 5.57 Å². The minimum atomic E-state index is -0.454. The quantitative estimate of drug-likeness (QED) is 0.441. The molecule has 0 unspecified atom stereocenters. The molecular weight excluding hydrogens is 444 g/mol. The Morgan fingerprint density at radius 1 is 1.06 bits per heavy atom. The van der Waals surface area contributed by atoms with E-state index in [1.54, 1.807) is 54.6 Å². The summed E-state index contributed by atoms with van der Waals surface area (Å²) < 4.78 is 16.2. The van der Waals surface area contributed by atoms with Crippen LogP contribution >= 0.6 is 11.6 Å². The predicted octanol–water partition coefficient (Wildman–Crippen LogP) is 5.12. The molecule has 1 aliphatic rings. The Bertz CT molecular complexity index is 1190. The fourth-order valence-electron chi connectivity index (χ4n) is 3.49. The second kappa shape index (κ2) is 9.83.